The van der Waals surface area contributed by atoms with Gasteiger partial charge >= 0.3 is 0 Å². The summed E-state index contributed by atoms with van der Waals surface area (Å²) >= 11 is 0. The lowest BCUT2D eigenvalue weighted by Crippen LogP contribution is -1.84. The van der Waals surface area contributed by atoms with E-state index >= 15 is 0 Å². The molecule has 0 saturated carbocycles. The number of nitrogens with zero attached hydrogens (tertiary/aromatic N) is 1. The van der Waals surface area contributed by atoms with Gasteiger partial charge in [0.2, 0.25) is 0 Å². The Morgan fingerprint density at radius 3 is 1.78 bits per heavy atom. The highest BCUT2D eigenvalue weighted by Crippen LogP contribution is 1.64. The summed E-state index contributed by atoms with van der Waals surface area (Å²) in [4.78, 5) is 0. The summed E-state index contributed by atoms with van der Waals surface area (Å²) in [7, 11) is 0. The molecule has 1 N–H and O–H groups in total. The van der Waals surface area contributed by atoms with Gasteiger partial charge in [-0.05, 0) is 20.8 Å². The summed E-state index contributed by atoms with van der Waals surface area (Å²) in [5.41, 5.74) is 0. The summed E-state index contributed by atoms with van der Waals surface area (Å²) < 4.78 is 4.83. The van der Waals surface area contributed by atoms with Gasteiger partial charge in [-0.15, -0.1) is 5.16 Å². The van der Waals surface area contributed by atoms with Crippen LogP contribution in [0.25, 0.3) is 0 Å². The first-order valence-corrected chi connectivity index (χ1v) is 3.03. The van der Waals surface area contributed by atoms with Crippen molar-refractivity contribution in [3.63, 3.8) is 0 Å². The molecule has 0 saturated heterocycles. The van der Waals surface area contributed by atoms with Gasteiger partial charge in [-0.2, -0.15) is 0 Å². The second kappa shape index (κ2) is 15.7. The highest BCUT2D eigenvalue weighted by molar-refractivity contribution is 5.51. The molecule has 0 atom stereocenters. The average molecular weight is 133 g/mol. The molecule has 0 aliphatic rings. The van der Waals surface area contributed by atoms with E-state index in [0.717, 1.165) is 13.2 Å². The third kappa shape index (κ3) is 37.1. The van der Waals surface area contributed by atoms with Crippen LogP contribution in [0.4, 0.5) is 0 Å². The van der Waals surface area contributed by atoms with Gasteiger partial charge in [-0.3, -0.25) is 0 Å². The summed E-state index contributed by atoms with van der Waals surface area (Å²) in [5.74, 6) is 0. The smallest absolute Gasteiger partial charge is 0.0437 e. The second-order valence-electron chi connectivity index (χ2n) is 1.16. The monoisotopic (exact) mass is 133 g/mol. The van der Waals surface area contributed by atoms with Crippen molar-refractivity contribution in [1.29, 1.82) is 0 Å². The van der Waals surface area contributed by atoms with Gasteiger partial charge in [0.25, 0.3) is 0 Å². The predicted octanol–water partition coefficient (Wildman–Crippen LogP) is 1.51. The van der Waals surface area contributed by atoms with Crippen LogP contribution in [0.3, 0.4) is 0 Å². The first-order chi connectivity index (χ1) is 4.33. The van der Waals surface area contributed by atoms with Crippen molar-refractivity contribution in [2.45, 2.75) is 20.8 Å². The van der Waals surface area contributed by atoms with Gasteiger partial charge in [0.1, 0.15) is 0 Å². The lowest BCUT2D eigenvalue weighted by Gasteiger charge is -1.86. The molecule has 3 heteroatoms. The zero-order valence-corrected chi connectivity index (χ0v) is 6.29. The topological polar surface area (TPSA) is 41.8 Å². The standard InChI is InChI=1S/C4H10O.C2H5NO/c1-3-5-4-2;1-2-3-4/h3-4H2,1-2H3;2,4H,1H3/b;3-2+. The van der Waals surface area contributed by atoms with Gasteiger partial charge in [0, 0.05) is 19.4 Å². The molecule has 0 aliphatic heterocycles. The molecule has 0 heterocycles. The van der Waals surface area contributed by atoms with Crippen molar-refractivity contribution in [3.05, 3.63) is 0 Å². The molecule has 0 unspecified atom stereocenters. The predicted molar refractivity (Wildman–Crippen MR) is 38.1 cm³/mol. The average Bonchev–Trinajstić information content (AvgIpc) is 1.91. The number of hydrogen-bond acceptors (Lipinski definition) is 3. The minimum Gasteiger partial charge on any atom is -0.411 e. The Bertz CT molecular complexity index is 49.0. The molecular weight excluding hydrogens is 118 g/mol. The molecule has 0 aromatic rings. The van der Waals surface area contributed by atoms with E-state index in [0.29, 0.717) is 0 Å². The van der Waals surface area contributed by atoms with Crippen LogP contribution in [0.15, 0.2) is 5.16 Å². The molecule has 9 heavy (non-hydrogen) atoms. The normalized spacial score (nSPS) is 8.78. The molecule has 0 aromatic heterocycles. The first kappa shape index (κ1) is 11.3. The van der Waals surface area contributed by atoms with Crippen molar-refractivity contribution in [3.8, 4) is 0 Å². The van der Waals surface area contributed by atoms with Gasteiger partial charge in [-0.25, -0.2) is 0 Å². The maximum atomic E-state index is 7.44. The zero-order chi connectivity index (χ0) is 7.54. The molecule has 0 rings (SSSR count). The molecule has 0 radical (unpaired) electrons. The maximum Gasteiger partial charge on any atom is 0.0437 e. The minimum atomic E-state index is 0.844. The first-order valence-electron chi connectivity index (χ1n) is 3.03. The molecule has 0 spiro atoms. The number of ether oxygens (including phenoxy) is 1. The fourth-order valence-corrected chi connectivity index (χ4v) is 0.204. The molecular formula is C6H15NO2. The van der Waals surface area contributed by atoms with E-state index in [2.05, 4.69) is 5.16 Å². The quantitative estimate of drug-likeness (QED) is 0.352. The van der Waals surface area contributed by atoms with Gasteiger partial charge in [-0.1, -0.05) is 0 Å². The van der Waals surface area contributed by atoms with Gasteiger partial charge in [0.15, 0.2) is 0 Å². The van der Waals surface area contributed by atoms with Crippen molar-refractivity contribution in [2.75, 3.05) is 13.2 Å². The van der Waals surface area contributed by atoms with E-state index in [1.807, 2.05) is 13.8 Å². The fraction of sp³-hybridized carbons (Fsp3) is 0.833. The summed E-state index contributed by atoms with van der Waals surface area (Å²) in [6, 6.07) is 0. The molecule has 0 aliphatic carbocycles. The van der Waals surface area contributed by atoms with E-state index in [9.17, 15) is 0 Å². The van der Waals surface area contributed by atoms with E-state index < -0.39 is 0 Å². The van der Waals surface area contributed by atoms with Crippen LogP contribution < -0.4 is 0 Å². The largest absolute Gasteiger partial charge is 0.411 e. The zero-order valence-electron chi connectivity index (χ0n) is 6.29. The second-order valence-corrected chi connectivity index (χ2v) is 1.16. The Balaban J connectivity index is 0. The SMILES string of the molecule is C/C=N/O.CCOCC. The molecule has 0 amide bonds. The summed E-state index contributed by atoms with van der Waals surface area (Å²) in [6.45, 7) is 7.31. The summed E-state index contributed by atoms with van der Waals surface area (Å²) in [6.07, 6.45) is 1.31. The van der Waals surface area contributed by atoms with Crippen molar-refractivity contribution >= 4 is 6.21 Å². The molecule has 56 valence electrons. The lowest BCUT2D eigenvalue weighted by atomic mass is 10.8. The lowest BCUT2D eigenvalue weighted by molar-refractivity contribution is 0.162. The number of hydrogen-bond donors (Lipinski definition) is 1. The van der Waals surface area contributed by atoms with E-state index in [1.54, 1.807) is 6.92 Å². The molecule has 3 nitrogen and oxygen atoms in total. The highest BCUT2D eigenvalue weighted by atomic mass is 16.5. The van der Waals surface area contributed by atoms with Crippen LogP contribution in [0.1, 0.15) is 20.8 Å². The van der Waals surface area contributed by atoms with Crippen molar-refractivity contribution < 1.29 is 9.94 Å². The van der Waals surface area contributed by atoms with Gasteiger partial charge < -0.3 is 9.94 Å². The summed E-state index contributed by atoms with van der Waals surface area (Å²) in [5, 5.41) is 10.1. The maximum absolute atomic E-state index is 7.44. The number of rotatable bonds is 2. The fourth-order valence-electron chi connectivity index (χ4n) is 0.204. The van der Waals surface area contributed by atoms with Crippen LogP contribution >= 0.6 is 0 Å². The van der Waals surface area contributed by atoms with Gasteiger partial charge in [0.05, 0.1) is 0 Å². The molecule has 0 fully saturated rings. The number of oxime groups is 1. The van der Waals surface area contributed by atoms with Crippen LogP contribution in [-0.4, -0.2) is 24.6 Å². The Labute approximate surface area is 56.3 Å². The van der Waals surface area contributed by atoms with Crippen LogP contribution in [0.2, 0.25) is 0 Å². The molecule has 0 aromatic carbocycles. The van der Waals surface area contributed by atoms with Crippen LogP contribution in [0.5, 0.6) is 0 Å². The van der Waals surface area contributed by atoms with E-state index in [4.69, 9.17) is 9.94 Å². The molecule has 0 bridgehead atoms. The van der Waals surface area contributed by atoms with Crippen molar-refractivity contribution in [1.82, 2.24) is 0 Å². The van der Waals surface area contributed by atoms with Crippen LogP contribution in [-0.2, 0) is 4.74 Å². The Hall–Kier alpha value is -0.570. The highest BCUT2D eigenvalue weighted by Gasteiger charge is 1.64. The van der Waals surface area contributed by atoms with Crippen molar-refractivity contribution in [2.24, 2.45) is 5.16 Å². The Morgan fingerprint density at radius 2 is 1.78 bits per heavy atom. The Kier molecular flexibility index (Phi) is 19.6. The van der Waals surface area contributed by atoms with E-state index in [-0.39, 0.29) is 0 Å². The third-order valence-electron chi connectivity index (χ3n) is 0.524. The minimum absolute atomic E-state index is 0.844. The van der Waals surface area contributed by atoms with E-state index in [1.165, 1.54) is 6.21 Å². The van der Waals surface area contributed by atoms with Crippen LogP contribution in [0, 0.1) is 0 Å². The third-order valence-corrected chi connectivity index (χ3v) is 0.524. The Morgan fingerprint density at radius 1 is 1.44 bits per heavy atom.